The van der Waals surface area contributed by atoms with Gasteiger partial charge in [0.1, 0.15) is 17.6 Å². The number of hydrogen-bond acceptors (Lipinski definition) is 7. The minimum absolute atomic E-state index is 0.232. The van der Waals surface area contributed by atoms with Crippen LogP contribution in [-0.4, -0.2) is 41.1 Å². The van der Waals surface area contributed by atoms with Crippen molar-refractivity contribution >= 4 is 34.4 Å². The lowest BCUT2D eigenvalue weighted by Gasteiger charge is -2.12. The van der Waals surface area contributed by atoms with Gasteiger partial charge in [-0.15, -0.1) is 16.4 Å². The van der Waals surface area contributed by atoms with Crippen LogP contribution < -0.4 is 5.48 Å². The third-order valence-corrected chi connectivity index (χ3v) is 4.74. The second-order valence-electron chi connectivity index (χ2n) is 5.72. The molecule has 0 radical (unpaired) electrons. The zero-order valence-electron chi connectivity index (χ0n) is 14.0. The van der Waals surface area contributed by atoms with Gasteiger partial charge >= 0.3 is 0 Å². The largest absolute Gasteiger partial charge is 0.340 e. The van der Waals surface area contributed by atoms with Crippen LogP contribution in [0.2, 0.25) is 0 Å². The summed E-state index contributed by atoms with van der Waals surface area (Å²) in [4.78, 5) is 23.5. The summed E-state index contributed by atoms with van der Waals surface area (Å²) in [5.74, 6) is 0.112. The average Bonchev–Trinajstić information content (AvgIpc) is 3.44. The lowest BCUT2D eigenvalue weighted by atomic mass is 10.2. The molecule has 1 amide bonds. The van der Waals surface area contributed by atoms with E-state index in [9.17, 15) is 4.79 Å². The van der Waals surface area contributed by atoms with Gasteiger partial charge in [0.15, 0.2) is 0 Å². The van der Waals surface area contributed by atoms with Crippen molar-refractivity contribution in [3.8, 4) is 0 Å². The molecule has 10 heteroatoms. The highest BCUT2D eigenvalue weighted by Crippen LogP contribution is 2.24. The zero-order valence-corrected chi connectivity index (χ0v) is 14.8. The van der Waals surface area contributed by atoms with E-state index in [0.29, 0.717) is 12.1 Å². The van der Waals surface area contributed by atoms with Crippen molar-refractivity contribution in [2.24, 2.45) is 0 Å². The highest BCUT2D eigenvalue weighted by molar-refractivity contribution is 7.09. The van der Waals surface area contributed by atoms with Crippen molar-refractivity contribution in [2.45, 2.75) is 12.5 Å². The van der Waals surface area contributed by atoms with Crippen LogP contribution in [0, 0.1) is 0 Å². The normalized spacial score (nSPS) is 12.6. The Labute approximate surface area is 157 Å². The molecule has 0 aliphatic carbocycles. The monoisotopic (exact) mass is 381 g/mol. The van der Waals surface area contributed by atoms with E-state index in [4.69, 9.17) is 5.21 Å². The molecule has 0 aliphatic rings. The molecule has 3 heterocycles. The highest BCUT2D eigenvalue weighted by Gasteiger charge is 2.21. The molecule has 9 nitrogen and oxygen atoms in total. The predicted octanol–water partition coefficient (Wildman–Crippen LogP) is 1.96. The van der Waals surface area contributed by atoms with E-state index < -0.39 is 5.91 Å². The zero-order chi connectivity index (χ0) is 18.6. The fourth-order valence-corrected chi connectivity index (χ4v) is 3.34. The van der Waals surface area contributed by atoms with Crippen molar-refractivity contribution in [1.82, 2.24) is 35.4 Å². The standard InChI is InChI=1S/C17H15N7O2S/c25-15(22-26)6-5-11-10-24(23-21-11)14(9-16-18-7-8-27-16)17-19-12-3-1-2-4-13(12)20-17/h1-8,10,14,26H,9H2,(H,19,20)(H,22,25). The van der Waals surface area contributed by atoms with E-state index in [1.807, 2.05) is 29.6 Å². The third kappa shape index (κ3) is 3.76. The van der Waals surface area contributed by atoms with Crippen LogP contribution in [0.3, 0.4) is 0 Å². The average molecular weight is 381 g/mol. The Kier molecular flexibility index (Phi) is 4.73. The fourth-order valence-electron chi connectivity index (χ4n) is 2.68. The lowest BCUT2D eigenvalue weighted by Crippen LogP contribution is -2.16. The molecule has 4 rings (SSSR count). The summed E-state index contributed by atoms with van der Waals surface area (Å²) in [6.07, 6.45) is 6.71. The maximum atomic E-state index is 11.1. The first-order valence-corrected chi connectivity index (χ1v) is 8.98. The number of aromatic nitrogens is 6. The van der Waals surface area contributed by atoms with Crippen LogP contribution in [0.1, 0.15) is 22.6 Å². The Morgan fingerprint density at radius 2 is 2.30 bits per heavy atom. The number of para-hydroxylation sites is 2. The molecule has 0 saturated carbocycles. The molecular weight excluding hydrogens is 366 g/mol. The van der Waals surface area contributed by atoms with E-state index in [0.717, 1.165) is 21.9 Å². The SMILES string of the molecule is O=C(C=Cc1cn(C(Cc2nccs2)c2nc3ccccc3[nH]2)nn1)NO. The van der Waals surface area contributed by atoms with Gasteiger partial charge in [-0.3, -0.25) is 10.0 Å². The Morgan fingerprint density at radius 1 is 1.41 bits per heavy atom. The summed E-state index contributed by atoms with van der Waals surface area (Å²) < 4.78 is 1.69. The summed E-state index contributed by atoms with van der Waals surface area (Å²) in [6, 6.07) is 7.57. The Balaban J connectivity index is 1.69. The number of hydroxylamine groups is 1. The smallest absolute Gasteiger partial charge is 0.267 e. The van der Waals surface area contributed by atoms with Crippen molar-refractivity contribution in [3.63, 3.8) is 0 Å². The minimum Gasteiger partial charge on any atom is -0.340 e. The first kappa shape index (κ1) is 17.1. The molecule has 1 aromatic carbocycles. The van der Waals surface area contributed by atoms with Crippen LogP contribution in [0.25, 0.3) is 17.1 Å². The fraction of sp³-hybridized carbons (Fsp3) is 0.118. The quantitative estimate of drug-likeness (QED) is 0.267. The molecular formula is C17H15N7O2S. The molecule has 27 heavy (non-hydrogen) atoms. The Morgan fingerprint density at radius 3 is 3.07 bits per heavy atom. The van der Waals surface area contributed by atoms with Gasteiger partial charge in [0.05, 0.1) is 22.2 Å². The third-order valence-electron chi connectivity index (χ3n) is 3.94. The molecule has 1 unspecified atom stereocenters. The van der Waals surface area contributed by atoms with Gasteiger partial charge in [0, 0.05) is 24.1 Å². The second kappa shape index (κ2) is 7.48. The molecule has 0 aliphatic heterocycles. The van der Waals surface area contributed by atoms with Crippen LogP contribution in [0.15, 0.2) is 48.1 Å². The number of carbonyl (C=O) groups is 1. The van der Waals surface area contributed by atoms with Crippen molar-refractivity contribution in [1.29, 1.82) is 0 Å². The van der Waals surface area contributed by atoms with Crippen molar-refractivity contribution in [3.05, 3.63) is 64.6 Å². The van der Waals surface area contributed by atoms with Gasteiger partial charge in [0.25, 0.3) is 5.91 Å². The maximum absolute atomic E-state index is 11.1. The molecule has 0 bridgehead atoms. The van der Waals surface area contributed by atoms with E-state index in [-0.39, 0.29) is 6.04 Å². The number of rotatable bonds is 6. The summed E-state index contributed by atoms with van der Waals surface area (Å²) >= 11 is 1.56. The van der Waals surface area contributed by atoms with Crippen molar-refractivity contribution in [2.75, 3.05) is 0 Å². The van der Waals surface area contributed by atoms with Gasteiger partial charge in [-0.25, -0.2) is 20.1 Å². The number of carbonyl (C=O) groups excluding carboxylic acids is 1. The molecule has 0 spiro atoms. The van der Waals surface area contributed by atoms with Gasteiger partial charge in [-0.05, 0) is 18.2 Å². The summed E-state index contributed by atoms with van der Waals surface area (Å²) in [5, 5.41) is 19.7. The van der Waals surface area contributed by atoms with Crippen LogP contribution in [0.5, 0.6) is 0 Å². The van der Waals surface area contributed by atoms with E-state index in [1.165, 1.54) is 17.6 Å². The molecule has 1 atom stereocenters. The van der Waals surface area contributed by atoms with Gasteiger partial charge in [-0.2, -0.15) is 0 Å². The Bertz CT molecular complexity index is 1050. The number of nitrogens with zero attached hydrogens (tertiary/aromatic N) is 5. The first-order valence-electron chi connectivity index (χ1n) is 8.10. The number of H-pyrrole nitrogens is 1. The Hall–Kier alpha value is -3.37. The lowest BCUT2D eigenvalue weighted by molar-refractivity contribution is -0.124. The van der Waals surface area contributed by atoms with Gasteiger partial charge in [-0.1, -0.05) is 17.3 Å². The summed E-state index contributed by atoms with van der Waals surface area (Å²) in [5.41, 5.74) is 3.83. The van der Waals surface area contributed by atoms with Crippen LogP contribution >= 0.6 is 11.3 Å². The molecule has 3 N–H and O–H groups in total. The minimum atomic E-state index is -0.638. The molecule has 0 fully saturated rings. The van der Waals surface area contributed by atoms with E-state index >= 15 is 0 Å². The molecule has 4 aromatic rings. The number of benzene rings is 1. The number of hydrogen-bond donors (Lipinski definition) is 3. The second-order valence-corrected chi connectivity index (χ2v) is 6.70. The van der Waals surface area contributed by atoms with E-state index in [2.05, 4.69) is 25.3 Å². The topological polar surface area (TPSA) is 122 Å². The predicted molar refractivity (Wildman–Crippen MR) is 99.0 cm³/mol. The summed E-state index contributed by atoms with van der Waals surface area (Å²) in [7, 11) is 0. The van der Waals surface area contributed by atoms with Crippen LogP contribution in [0.4, 0.5) is 0 Å². The first-order chi connectivity index (χ1) is 13.2. The number of thiazole rings is 1. The molecule has 0 saturated heterocycles. The number of nitrogens with one attached hydrogen (secondary N) is 2. The summed E-state index contributed by atoms with van der Waals surface area (Å²) in [6.45, 7) is 0. The number of imidazole rings is 1. The van der Waals surface area contributed by atoms with Gasteiger partial charge < -0.3 is 4.98 Å². The van der Waals surface area contributed by atoms with E-state index in [1.54, 1.807) is 28.4 Å². The number of fused-ring (bicyclic) bond motifs is 1. The number of amides is 1. The number of aromatic amines is 1. The molecule has 136 valence electrons. The van der Waals surface area contributed by atoms with Gasteiger partial charge in [0.2, 0.25) is 0 Å². The molecule has 3 aromatic heterocycles. The maximum Gasteiger partial charge on any atom is 0.267 e. The highest BCUT2D eigenvalue weighted by atomic mass is 32.1. The van der Waals surface area contributed by atoms with Crippen LogP contribution in [-0.2, 0) is 11.2 Å². The van der Waals surface area contributed by atoms with Crippen molar-refractivity contribution < 1.29 is 10.0 Å².